The van der Waals surface area contributed by atoms with E-state index in [4.69, 9.17) is 27.9 Å². The third kappa shape index (κ3) is 3.74. The summed E-state index contributed by atoms with van der Waals surface area (Å²) in [5, 5.41) is 5.38. The standard InChI is InChI=1S/C20H19Cl2N7O/c21-13-1-2-14-15(3-4-23-16(14)11-13)24-5-6-29-12-25-17-18(26-20(22)27-19(17)29)28-7-9-30-10-8-28/h1-4,11-12H,5-10H2,(H,23,24). The van der Waals surface area contributed by atoms with E-state index in [0.717, 1.165) is 46.7 Å². The first-order valence-corrected chi connectivity index (χ1v) is 10.4. The smallest absolute Gasteiger partial charge is 0.226 e. The molecule has 0 radical (unpaired) electrons. The van der Waals surface area contributed by atoms with Gasteiger partial charge in [0, 0.05) is 48.5 Å². The van der Waals surface area contributed by atoms with E-state index in [1.807, 2.05) is 28.8 Å². The van der Waals surface area contributed by atoms with E-state index in [2.05, 4.69) is 30.2 Å². The summed E-state index contributed by atoms with van der Waals surface area (Å²) >= 11 is 12.3. The van der Waals surface area contributed by atoms with Crippen LogP contribution in [0.3, 0.4) is 0 Å². The second-order valence-electron chi connectivity index (χ2n) is 6.97. The predicted octanol–water partition coefficient (Wildman–Crippen LogP) is 3.63. The van der Waals surface area contributed by atoms with Crippen molar-refractivity contribution in [2.45, 2.75) is 6.54 Å². The molecule has 4 aromatic rings. The Bertz CT molecular complexity index is 1210. The van der Waals surface area contributed by atoms with Crippen molar-refractivity contribution in [3.63, 3.8) is 0 Å². The quantitative estimate of drug-likeness (QED) is 0.471. The van der Waals surface area contributed by atoms with Gasteiger partial charge in [0.25, 0.3) is 0 Å². The van der Waals surface area contributed by atoms with E-state index in [1.165, 1.54) is 0 Å². The fourth-order valence-corrected chi connectivity index (χ4v) is 3.98. The van der Waals surface area contributed by atoms with Gasteiger partial charge in [-0.2, -0.15) is 9.97 Å². The fourth-order valence-electron chi connectivity index (χ4n) is 3.65. The maximum Gasteiger partial charge on any atom is 0.226 e. The fraction of sp³-hybridized carbons (Fsp3) is 0.300. The first-order chi connectivity index (χ1) is 14.7. The molecule has 8 nitrogen and oxygen atoms in total. The molecule has 0 aliphatic carbocycles. The summed E-state index contributed by atoms with van der Waals surface area (Å²) in [5.41, 5.74) is 3.34. The SMILES string of the molecule is Clc1ccc2c(NCCn3cnc4c(N5CCOCC5)nc(Cl)nc43)ccnc2c1. The zero-order valence-electron chi connectivity index (χ0n) is 16.1. The Morgan fingerprint density at radius 3 is 2.80 bits per heavy atom. The van der Waals surface area contributed by atoms with Crippen molar-refractivity contribution < 1.29 is 4.74 Å². The molecule has 1 aromatic carbocycles. The lowest BCUT2D eigenvalue weighted by atomic mass is 10.2. The summed E-state index contributed by atoms with van der Waals surface area (Å²) in [4.78, 5) is 19.9. The number of nitrogens with one attached hydrogen (secondary N) is 1. The number of aromatic nitrogens is 5. The van der Waals surface area contributed by atoms with Crippen LogP contribution in [0.2, 0.25) is 10.3 Å². The Kier molecular flexibility index (Phi) is 5.28. The van der Waals surface area contributed by atoms with E-state index >= 15 is 0 Å². The van der Waals surface area contributed by atoms with Crippen molar-refractivity contribution in [1.82, 2.24) is 24.5 Å². The molecule has 154 valence electrons. The molecule has 1 aliphatic heterocycles. The minimum absolute atomic E-state index is 0.218. The van der Waals surface area contributed by atoms with Crippen LogP contribution in [0.5, 0.6) is 0 Å². The number of fused-ring (bicyclic) bond motifs is 2. The van der Waals surface area contributed by atoms with Gasteiger partial charge in [-0.1, -0.05) is 11.6 Å². The van der Waals surface area contributed by atoms with Crippen molar-refractivity contribution in [1.29, 1.82) is 0 Å². The molecule has 30 heavy (non-hydrogen) atoms. The second-order valence-corrected chi connectivity index (χ2v) is 7.75. The van der Waals surface area contributed by atoms with Crippen LogP contribution in [0.25, 0.3) is 22.1 Å². The molecule has 1 saturated heterocycles. The van der Waals surface area contributed by atoms with Crippen molar-refractivity contribution in [3.8, 4) is 0 Å². The van der Waals surface area contributed by atoms with Crippen LogP contribution in [-0.2, 0) is 11.3 Å². The first kappa shape index (κ1) is 19.3. The van der Waals surface area contributed by atoms with Gasteiger partial charge in [0.2, 0.25) is 5.28 Å². The topological polar surface area (TPSA) is 81.0 Å². The van der Waals surface area contributed by atoms with E-state index in [-0.39, 0.29) is 5.28 Å². The molecular formula is C20H19Cl2N7O. The van der Waals surface area contributed by atoms with Crippen LogP contribution in [0, 0.1) is 0 Å². The average molecular weight is 444 g/mol. The van der Waals surface area contributed by atoms with Crippen LogP contribution in [0.4, 0.5) is 11.5 Å². The lowest BCUT2D eigenvalue weighted by Gasteiger charge is -2.27. The average Bonchev–Trinajstić information content (AvgIpc) is 3.16. The summed E-state index contributed by atoms with van der Waals surface area (Å²) in [6.45, 7) is 4.20. The molecule has 1 N–H and O–H groups in total. The Balaban J connectivity index is 1.37. The highest BCUT2D eigenvalue weighted by Crippen LogP contribution is 2.26. The van der Waals surface area contributed by atoms with Crippen molar-refractivity contribution in [2.24, 2.45) is 0 Å². The molecular weight excluding hydrogens is 425 g/mol. The Labute approximate surface area is 182 Å². The number of hydrogen-bond acceptors (Lipinski definition) is 7. The third-order valence-corrected chi connectivity index (χ3v) is 5.51. The van der Waals surface area contributed by atoms with Gasteiger partial charge in [-0.25, -0.2) is 4.98 Å². The van der Waals surface area contributed by atoms with E-state index in [9.17, 15) is 0 Å². The molecule has 1 aliphatic rings. The van der Waals surface area contributed by atoms with Crippen molar-refractivity contribution >= 4 is 56.8 Å². The first-order valence-electron chi connectivity index (χ1n) is 9.68. The molecule has 3 aromatic heterocycles. The summed E-state index contributed by atoms with van der Waals surface area (Å²) < 4.78 is 7.42. The highest BCUT2D eigenvalue weighted by Gasteiger charge is 2.20. The molecule has 5 rings (SSSR count). The zero-order valence-corrected chi connectivity index (χ0v) is 17.6. The summed E-state index contributed by atoms with van der Waals surface area (Å²) in [6, 6.07) is 7.66. The summed E-state index contributed by atoms with van der Waals surface area (Å²) in [7, 11) is 0. The molecule has 0 bridgehead atoms. The van der Waals surface area contributed by atoms with Gasteiger partial charge in [0.1, 0.15) is 0 Å². The number of hydrogen-bond donors (Lipinski definition) is 1. The lowest BCUT2D eigenvalue weighted by Crippen LogP contribution is -2.37. The largest absolute Gasteiger partial charge is 0.383 e. The molecule has 4 heterocycles. The van der Waals surface area contributed by atoms with Crippen molar-refractivity contribution in [2.75, 3.05) is 43.1 Å². The van der Waals surface area contributed by atoms with Gasteiger partial charge in [-0.15, -0.1) is 0 Å². The van der Waals surface area contributed by atoms with Crippen molar-refractivity contribution in [3.05, 3.63) is 47.1 Å². The highest BCUT2D eigenvalue weighted by molar-refractivity contribution is 6.31. The zero-order chi connectivity index (χ0) is 20.5. The monoisotopic (exact) mass is 443 g/mol. The number of anilines is 2. The minimum Gasteiger partial charge on any atom is -0.383 e. The molecule has 0 saturated carbocycles. The summed E-state index contributed by atoms with van der Waals surface area (Å²) in [5.74, 6) is 0.761. The predicted molar refractivity (Wildman–Crippen MR) is 119 cm³/mol. The third-order valence-electron chi connectivity index (χ3n) is 5.10. The van der Waals surface area contributed by atoms with Gasteiger partial charge < -0.3 is 19.5 Å². The van der Waals surface area contributed by atoms with Crippen LogP contribution < -0.4 is 10.2 Å². The number of benzene rings is 1. The number of ether oxygens (including phenoxy) is 1. The Morgan fingerprint density at radius 2 is 1.93 bits per heavy atom. The molecule has 0 spiro atoms. The lowest BCUT2D eigenvalue weighted by molar-refractivity contribution is 0.122. The number of nitrogens with zero attached hydrogens (tertiary/aromatic N) is 6. The molecule has 10 heteroatoms. The van der Waals surface area contributed by atoms with Crippen LogP contribution in [-0.4, -0.2) is 57.4 Å². The number of rotatable bonds is 5. The van der Waals surface area contributed by atoms with Gasteiger partial charge in [0.05, 0.1) is 25.1 Å². The number of morpholine rings is 1. The maximum absolute atomic E-state index is 6.23. The minimum atomic E-state index is 0.218. The van der Waals surface area contributed by atoms with Gasteiger partial charge in [-0.05, 0) is 35.9 Å². The number of halogens is 2. The maximum atomic E-state index is 6.23. The number of pyridine rings is 1. The molecule has 0 atom stereocenters. The van der Waals surface area contributed by atoms with Gasteiger partial charge in [-0.3, -0.25) is 4.98 Å². The van der Waals surface area contributed by atoms with Crippen LogP contribution >= 0.6 is 23.2 Å². The van der Waals surface area contributed by atoms with E-state index < -0.39 is 0 Å². The Hall–Kier alpha value is -2.68. The molecule has 0 unspecified atom stereocenters. The molecule has 1 fully saturated rings. The normalized spacial score (nSPS) is 14.5. The Morgan fingerprint density at radius 1 is 1.07 bits per heavy atom. The number of imidazole rings is 1. The second kappa shape index (κ2) is 8.22. The van der Waals surface area contributed by atoms with Gasteiger partial charge >= 0.3 is 0 Å². The van der Waals surface area contributed by atoms with Crippen LogP contribution in [0.15, 0.2) is 36.8 Å². The van der Waals surface area contributed by atoms with E-state index in [0.29, 0.717) is 31.3 Å². The summed E-state index contributed by atoms with van der Waals surface area (Å²) in [6.07, 6.45) is 3.56. The van der Waals surface area contributed by atoms with Gasteiger partial charge in [0.15, 0.2) is 17.0 Å². The van der Waals surface area contributed by atoms with Crippen LogP contribution in [0.1, 0.15) is 0 Å². The highest BCUT2D eigenvalue weighted by atomic mass is 35.5. The van der Waals surface area contributed by atoms with E-state index in [1.54, 1.807) is 12.5 Å². The molecule has 0 amide bonds.